The molecule has 1 fully saturated rings. The van der Waals surface area contributed by atoms with Gasteiger partial charge >= 0.3 is 6.03 Å². The lowest BCUT2D eigenvalue weighted by Crippen LogP contribution is -2.22. The maximum atomic E-state index is 11.4. The van der Waals surface area contributed by atoms with E-state index >= 15 is 0 Å². The van der Waals surface area contributed by atoms with E-state index < -0.39 is 11.9 Å². The van der Waals surface area contributed by atoms with E-state index in [1.807, 2.05) is 0 Å². The second-order valence-corrected chi connectivity index (χ2v) is 3.69. The maximum absolute atomic E-state index is 11.4. The Morgan fingerprint density at radius 2 is 2.17 bits per heavy atom. The Hall–Kier alpha value is -2.90. The van der Waals surface area contributed by atoms with Gasteiger partial charge < -0.3 is 11.1 Å². The molecule has 0 atom stereocenters. The first-order valence-electron chi connectivity index (χ1n) is 5.07. The fourth-order valence-corrected chi connectivity index (χ4v) is 1.64. The molecule has 3 heterocycles. The van der Waals surface area contributed by atoms with E-state index in [-0.39, 0.29) is 5.70 Å². The van der Waals surface area contributed by atoms with Crippen molar-refractivity contribution in [3.8, 4) is 0 Å². The number of hydrogen-bond acceptors (Lipinski definition) is 5. The van der Waals surface area contributed by atoms with Crippen LogP contribution in [-0.4, -0.2) is 26.5 Å². The zero-order chi connectivity index (χ0) is 12.7. The summed E-state index contributed by atoms with van der Waals surface area (Å²) in [5, 5.41) is 8.55. The number of nitrogens with zero attached hydrogens (tertiary/aromatic N) is 3. The Kier molecular flexibility index (Phi) is 2.03. The summed E-state index contributed by atoms with van der Waals surface area (Å²) in [6.07, 6.45) is 4.69. The van der Waals surface area contributed by atoms with Crippen molar-refractivity contribution in [2.75, 3.05) is 5.73 Å². The van der Waals surface area contributed by atoms with E-state index in [4.69, 9.17) is 5.73 Å². The van der Waals surface area contributed by atoms with Crippen LogP contribution in [0.2, 0.25) is 0 Å². The third kappa shape index (κ3) is 1.56. The average molecular weight is 244 g/mol. The second-order valence-electron chi connectivity index (χ2n) is 3.69. The summed E-state index contributed by atoms with van der Waals surface area (Å²) in [5.74, 6) is -0.134. The third-order valence-corrected chi connectivity index (χ3v) is 2.44. The number of nitrogens with one attached hydrogen (secondary N) is 2. The first-order chi connectivity index (χ1) is 8.63. The molecule has 0 spiro atoms. The standard InChI is InChI=1S/C10H8N6O2/c11-7-1-2-16-8(14-7)5(4-12-16)3-6-9(17)15-10(18)13-6/h1-4H,(H2,11,14)(H2,13,15,17,18)/b6-3+. The van der Waals surface area contributed by atoms with Crippen LogP contribution in [0, 0.1) is 0 Å². The van der Waals surface area contributed by atoms with Crippen LogP contribution in [0.25, 0.3) is 11.7 Å². The molecule has 0 bridgehead atoms. The molecular weight excluding hydrogens is 236 g/mol. The second kappa shape index (κ2) is 3.55. The molecule has 4 N–H and O–H groups in total. The van der Waals surface area contributed by atoms with Gasteiger partial charge in [0.2, 0.25) is 0 Å². The van der Waals surface area contributed by atoms with E-state index in [2.05, 4.69) is 20.7 Å². The Morgan fingerprint density at radius 1 is 1.33 bits per heavy atom. The normalized spacial score (nSPS) is 17.2. The SMILES string of the molecule is Nc1ccn2ncc(/C=C3/NC(=O)NC3=O)c2n1. The molecule has 0 saturated carbocycles. The molecule has 1 saturated heterocycles. The van der Waals surface area contributed by atoms with Crippen molar-refractivity contribution in [1.82, 2.24) is 25.2 Å². The number of hydrogen-bond donors (Lipinski definition) is 3. The lowest BCUT2D eigenvalue weighted by molar-refractivity contribution is -0.115. The molecule has 3 amide bonds. The number of anilines is 1. The number of carbonyl (C=O) groups excluding carboxylic acids is 2. The zero-order valence-corrected chi connectivity index (χ0v) is 9.04. The largest absolute Gasteiger partial charge is 0.384 e. The topological polar surface area (TPSA) is 114 Å². The number of amides is 3. The first-order valence-corrected chi connectivity index (χ1v) is 5.07. The predicted octanol–water partition coefficient (Wildman–Crippen LogP) is -0.508. The van der Waals surface area contributed by atoms with Crippen molar-refractivity contribution >= 4 is 29.5 Å². The molecule has 0 aromatic carbocycles. The molecule has 2 aromatic heterocycles. The minimum atomic E-state index is -0.546. The fraction of sp³-hybridized carbons (Fsp3) is 0. The summed E-state index contributed by atoms with van der Waals surface area (Å²) in [6, 6.07) is 1.07. The van der Waals surface area contributed by atoms with Crippen LogP contribution < -0.4 is 16.4 Å². The first kappa shape index (κ1) is 10.3. The molecule has 2 aromatic rings. The predicted molar refractivity (Wildman–Crippen MR) is 62.1 cm³/mol. The average Bonchev–Trinajstić information content (AvgIpc) is 2.84. The number of carbonyl (C=O) groups is 2. The molecule has 1 aliphatic rings. The van der Waals surface area contributed by atoms with Crippen molar-refractivity contribution in [2.45, 2.75) is 0 Å². The van der Waals surface area contributed by atoms with Crippen molar-refractivity contribution in [2.24, 2.45) is 0 Å². The Morgan fingerprint density at radius 3 is 2.89 bits per heavy atom. The molecule has 8 heteroatoms. The minimum absolute atomic E-state index is 0.152. The number of fused-ring (bicyclic) bond motifs is 1. The molecule has 1 aliphatic heterocycles. The molecule has 90 valence electrons. The molecule has 0 unspecified atom stereocenters. The fourth-order valence-electron chi connectivity index (χ4n) is 1.64. The molecular formula is C10H8N6O2. The van der Waals surface area contributed by atoms with E-state index in [9.17, 15) is 9.59 Å². The van der Waals surface area contributed by atoms with Gasteiger partial charge in [-0.1, -0.05) is 0 Å². The van der Waals surface area contributed by atoms with E-state index in [0.717, 1.165) is 0 Å². The maximum Gasteiger partial charge on any atom is 0.326 e. The molecule has 0 radical (unpaired) electrons. The van der Waals surface area contributed by atoms with Gasteiger partial charge in [-0.05, 0) is 12.1 Å². The minimum Gasteiger partial charge on any atom is -0.384 e. The highest BCUT2D eigenvalue weighted by atomic mass is 16.2. The number of nitrogen functional groups attached to an aromatic ring is 1. The number of aromatic nitrogens is 3. The van der Waals surface area contributed by atoms with Crippen molar-refractivity contribution in [3.05, 3.63) is 29.7 Å². The van der Waals surface area contributed by atoms with Crippen LogP contribution in [0.4, 0.5) is 10.6 Å². The van der Waals surface area contributed by atoms with Gasteiger partial charge in [-0.15, -0.1) is 0 Å². The van der Waals surface area contributed by atoms with Gasteiger partial charge in [-0.2, -0.15) is 5.10 Å². The van der Waals surface area contributed by atoms with Crippen molar-refractivity contribution in [1.29, 1.82) is 0 Å². The number of imide groups is 1. The number of urea groups is 1. The van der Waals surface area contributed by atoms with E-state index in [1.165, 1.54) is 16.8 Å². The van der Waals surface area contributed by atoms with Crippen LogP contribution in [-0.2, 0) is 4.79 Å². The molecule has 3 rings (SSSR count). The van der Waals surface area contributed by atoms with Crippen LogP contribution in [0.5, 0.6) is 0 Å². The Balaban J connectivity index is 2.10. The van der Waals surface area contributed by atoms with Gasteiger partial charge in [0.15, 0.2) is 5.65 Å². The molecule has 8 nitrogen and oxygen atoms in total. The van der Waals surface area contributed by atoms with Crippen LogP contribution in [0.15, 0.2) is 24.2 Å². The molecule has 18 heavy (non-hydrogen) atoms. The summed E-state index contributed by atoms with van der Waals surface area (Å²) in [5.41, 5.74) is 6.84. The summed E-state index contributed by atoms with van der Waals surface area (Å²) >= 11 is 0. The van der Waals surface area contributed by atoms with Crippen molar-refractivity contribution in [3.63, 3.8) is 0 Å². The van der Waals surface area contributed by atoms with Crippen molar-refractivity contribution < 1.29 is 9.59 Å². The quantitative estimate of drug-likeness (QED) is 0.461. The highest BCUT2D eigenvalue weighted by Crippen LogP contribution is 2.14. The zero-order valence-electron chi connectivity index (χ0n) is 9.04. The monoisotopic (exact) mass is 244 g/mol. The van der Waals surface area contributed by atoms with Gasteiger partial charge in [0.05, 0.1) is 6.20 Å². The lowest BCUT2D eigenvalue weighted by atomic mass is 10.2. The van der Waals surface area contributed by atoms with Crippen LogP contribution in [0.3, 0.4) is 0 Å². The van der Waals surface area contributed by atoms with Gasteiger partial charge in [-0.3, -0.25) is 10.1 Å². The number of nitrogens with two attached hydrogens (primary N) is 1. The summed E-state index contributed by atoms with van der Waals surface area (Å²) in [6.45, 7) is 0. The van der Waals surface area contributed by atoms with Crippen LogP contribution >= 0.6 is 0 Å². The van der Waals surface area contributed by atoms with Gasteiger partial charge in [0.25, 0.3) is 5.91 Å². The van der Waals surface area contributed by atoms with Crippen LogP contribution in [0.1, 0.15) is 5.56 Å². The van der Waals surface area contributed by atoms with E-state index in [0.29, 0.717) is 17.0 Å². The Bertz CT molecular complexity index is 701. The number of rotatable bonds is 1. The highest BCUT2D eigenvalue weighted by molar-refractivity contribution is 6.14. The Labute approximate surface area is 100 Å². The molecule has 0 aliphatic carbocycles. The summed E-state index contributed by atoms with van der Waals surface area (Å²) < 4.78 is 1.53. The smallest absolute Gasteiger partial charge is 0.326 e. The van der Waals surface area contributed by atoms with Gasteiger partial charge in [-0.25, -0.2) is 14.3 Å². The highest BCUT2D eigenvalue weighted by Gasteiger charge is 2.23. The van der Waals surface area contributed by atoms with Gasteiger partial charge in [0, 0.05) is 11.8 Å². The van der Waals surface area contributed by atoms with E-state index in [1.54, 1.807) is 12.3 Å². The third-order valence-electron chi connectivity index (χ3n) is 2.44. The summed E-state index contributed by atoms with van der Waals surface area (Å²) in [4.78, 5) is 26.5. The van der Waals surface area contributed by atoms with Gasteiger partial charge in [0.1, 0.15) is 11.5 Å². The summed E-state index contributed by atoms with van der Waals surface area (Å²) in [7, 11) is 0. The lowest BCUT2D eigenvalue weighted by Gasteiger charge is -1.96.